The molecule has 0 unspecified atom stereocenters. The highest BCUT2D eigenvalue weighted by Crippen LogP contribution is 2.24. The second-order valence-electron chi connectivity index (χ2n) is 5.45. The van der Waals surface area contributed by atoms with Gasteiger partial charge in [0.15, 0.2) is 0 Å². The number of hydrogen-bond acceptors (Lipinski definition) is 5. The third-order valence-electron chi connectivity index (χ3n) is 3.81. The van der Waals surface area contributed by atoms with Crippen LogP contribution in [0.2, 0.25) is 0 Å². The summed E-state index contributed by atoms with van der Waals surface area (Å²) in [5.74, 6) is 0. The van der Waals surface area contributed by atoms with E-state index in [0.29, 0.717) is 32.6 Å². The average Bonchev–Trinajstić information content (AvgIpc) is 2.47. The third-order valence-corrected chi connectivity index (χ3v) is 5.63. The van der Waals surface area contributed by atoms with Gasteiger partial charge < -0.3 is 15.6 Å². The van der Waals surface area contributed by atoms with E-state index in [4.69, 9.17) is 10.5 Å². The summed E-state index contributed by atoms with van der Waals surface area (Å²) < 4.78 is 31.4. The van der Waals surface area contributed by atoms with Crippen molar-refractivity contribution in [2.24, 2.45) is 5.73 Å². The molecule has 1 aromatic rings. The van der Waals surface area contributed by atoms with Crippen molar-refractivity contribution < 1.29 is 18.3 Å². The molecule has 1 heterocycles. The molecule has 3 N–H and O–H groups in total. The highest BCUT2D eigenvalue weighted by Gasteiger charge is 2.34. The number of hydrogen-bond donors (Lipinski definition) is 2. The Morgan fingerprint density at radius 1 is 1.29 bits per heavy atom. The minimum Gasteiger partial charge on any atom is -0.388 e. The smallest absolute Gasteiger partial charge is 0.242 e. The van der Waals surface area contributed by atoms with Crippen LogP contribution in [0.1, 0.15) is 18.4 Å². The van der Waals surface area contributed by atoms with Gasteiger partial charge in [-0.25, -0.2) is 8.42 Å². The maximum Gasteiger partial charge on any atom is 0.242 e. The lowest BCUT2D eigenvalue weighted by Gasteiger charge is -2.35. The predicted octanol–water partition coefficient (Wildman–Crippen LogP) is 0.307. The SMILES string of the molecule is CN(CC1(O)CCOCC1)S(=O)(=O)c1ccc(CN)cc1. The molecule has 1 saturated heterocycles. The van der Waals surface area contributed by atoms with E-state index in [1.807, 2.05) is 0 Å². The normalized spacial score (nSPS) is 18.9. The molecule has 1 aliphatic heterocycles. The minimum atomic E-state index is -3.61. The first-order chi connectivity index (χ1) is 9.87. The molecule has 1 fully saturated rings. The molecule has 0 saturated carbocycles. The molecule has 6 nitrogen and oxygen atoms in total. The average molecular weight is 314 g/mol. The molecular weight excluding hydrogens is 292 g/mol. The second-order valence-corrected chi connectivity index (χ2v) is 7.49. The number of aliphatic hydroxyl groups is 1. The van der Waals surface area contributed by atoms with Gasteiger partial charge >= 0.3 is 0 Å². The van der Waals surface area contributed by atoms with Gasteiger partial charge in [-0.1, -0.05) is 12.1 Å². The van der Waals surface area contributed by atoms with Gasteiger partial charge in [0.1, 0.15) is 0 Å². The number of benzene rings is 1. The number of ether oxygens (including phenoxy) is 1. The monoisotopic (exact) mass is 314 g/mol. The first-order valence-corrected chi connectivity index (χ1v) is 8.37. The van der Waals surface area contributed by atoms with Gasteiger partial charge in [-0.15, -0.1) is 0 Å². The van der Waals surface area contributed by atoms with Crippen molar-refractivity contribution >= 4 is 10.0 Å². The molecule has 0 atom stereocenters. The lowest BCUT2D eigenvalue weighted by molar-refractivity contribution is -0.0689. The Bertz CT molecular complexity index is 565. The van der Waals surface area contributed by atoms with Crippen molar-refractivity contribution in [3.63, 3.8) is 0 Å². The highest BCUT2D eigenvalue weighted by atomic mass is 32.2. The van der Waals surface area contributed by atoms with Crippen LogP contribution in [-0.2, 0) is 21.3 Å². The molecule has 1 aromatic carbocycles. The molecule has 2 rings (SSSR count). The van der Waals surface area contributed by atoms with E-state index in [2.05, 4.69) is 0 Å². The number of likely N-dealkylation sites (N-methyl/N-ethyl adjacent to an activating group) is 1. The van der Waals surface area contributed by atoms with E-state index in [-0.39, 0.29) is 11.4 Å². The minimum absolute atomic E-state index is 0.0668. The summed E-state index contributed by atoms with van der Waals surface area (Å²) in [6.45, 7) is 1.35. The summed E-state index contributed by atoms with van der Waals surface area (Å²) >= 11 is 0. The first kappa shape index (κ1) is 16.4. The second kappa shape index (κ2) is 6.41. The van der Waals surface area contributed by atoms with E-state index in [0.717, 1.165) is 5.56 Å². The highest BCUT2D eigenvalue weighted by molar-refractivity contribution is 7.89. The van der Waals surface area contributed by atoms with Crippen LogP contribution in [0.4, 0.5) is 0 Å². The quantitative estimate of drug-likeness (QED) is 0.816. The van der Waals surface area contributed by atoms with Crippen LogP contribution in [0.15, 0.2) is 29.2 Å². The molecule has 1 aliphatic rings. The van der Waals surface area contributed by atoms with Gasteiger partial charge in [-0.2, -0.15) is 4.31 Å². The largest absolute Gasteiger partial charge is 0.388 e. The molecule has 0 radical (unpaired) electrons. The van der Waals surface area contributed by atoms with Crippen LogP contribution in [0.5, 0.6) is 0 Å². The maximum atomic E-state index is 12.5. The summed E-state index contributed by atoms with van der Waals surface area (Å²) in [6.07, 6.45) is 0.887. The zero-order chi connectivity index (χ0) is 15.5. The molecule has 0 bridgehead atoms. The molecule has 21 heavy (non-hydrogen) atoms. The zero-order valence-electron chi connectivity index (χ0n) is 12.2. The van der Waals surface area contributed by atoms with Crippen molar-refractivity contribution in [3.05, 3.63) is 29.8 Å². The maximum absolute atomic E-state index is 12.5. The Labute approximate surface area is 125 Å². The zero-order valence-corrected chi connectivity index (χ0v) is 13.0. The van der Waals surface area contributed by atoms with Gasteiger partial charge in [0.2, 0.25) is 10.0 Å². The predicted molar refractivity (Wildman–Crippen MR) is 79.2 cm³/mol. The van der Waals surface area contributed by atoms with Crippen LogP contribution in [0.25, 0.3) is 0 Å². The van der Waals surface area contributed by atoms with E-state index >= 15 is 0 Å². The third kappa shape index (κ3) is 3.81. The lowest BCUT2D eigenvalue weighted by Crippen LogP contribution is -2.47. The number of sulfonamides is 1. The van der Waals surface area contributed by atoms with Gasteiger partial charge in [0, 0.05) is 46.2 Å². The van der Waals surface area contributed by atoms with E-state index in [1.165, 1.54) is 11.4 Å². The Kier molecular flexibility index (Phi) is 5.00. The molecule has 0 aliphatic carbocycles. The Morgan fingerprint density at radius 3 is 2.38 bits per heavy atom. The van der Waals surface area contributed by atoms with E-state index < -0.39 is 15.6 Å². The fraction of sp³-hybridized carbons (Fsp3) is 0.571. The van der Waals surface area contributed by atoms with Gasteiger partial charge in [-0.3, -0.25) is 0 Å². The Balaban J connectivity index is 2.13. The van der Waals surface area contributed by atoms with Crippen LogP contribution < -0.4 is 5.73 Å². The summed E-state index contributed by atoms with van der Waals surface area (Å²) in [4.78, 5) is 0.206. The fourth-order valence-electron chi connectivity index (χ4n) is 2.39. The summed E-state index contributed by atoms with van der Waals surface area (Å²) in [5, 5.41) is 10.4. The van der Waals surface area contributed by atoms with Crippen LogP contribution >= 0.6 is 0 Å². The molecule has 0 amide bonds. The van der Waals surface area contributed by atoms with Crippen molar-refractivity contribution in [1.82, 2.24) is 4.31 Å². The molecule has 0 aromatic heterocycles. The number of nitrogens with zero attached hydrogens (tertiary/aromatic N) is 1. The van der Waals surface area contributed by atoms with Gasteiger partial charge in [-0.05, 0) is 17.7 Å². The fourth-order valence-corrected chi connectivity index (χ4v) is 3.64. The lowest BCUT2D eigenvalue weighted by atomic mass is 9.95. The van der Waals surface area contributed by atoms with Crippen molar-refractivity contribution in [3.8, 4) is 0 Å². The van der Waals surface area contributed by atoms with Crippen molar-refractivity contribution in [2.45, 2.75) is 29.9 Å². The topological polar surface area (TPSA) is 92.9 Å². The molecule has 0 spiro atoms. The van der Waals surface area contributed by atoms with Gasteiger partial charge in [0.25, 0.3) is 0 Å². The van der Waals surface area contributed by atoms with E-state index in [1.54, 1.807) is 24.3 Å². The van der Waals surface area contributed by atoms with Gasteiger partial charge in [0.05, 0.1) is 10.5 Å². The summed E-state index contributed by atoms with van der Waals surface area (Å²) in [6, 6.07) is 6.48. The Hall–Kier alpha value is -0.990. The summed E-state index contributed by atoms with van der Waals surface area (Å²) in [7, 11) is -2.12. The Morgan fingerprint density at radius 2 is 1.86 bits per heavy atom. The van der Waals surface area contributed by atoms with Crippen LogP contribution in [0, 0.1) is 0 Å². The van der Waals surface area contributed by atoms with E-state index in [9.17, 15) is 13.5 Å². The standard InChI is InChI=1S/C14H22N2O4S/c1-16(11-14(17)6-8-20-9-7-14)21(18,19)13-4-2-12(10-15)3-5-13/h2-5,17H,6-11,15H2,1H3. The molecule has 7 heteroatoms. The molecular formula is C14H22N2O4S. The summed E-state index contributed by atoms with van der Waals surface area (Å²) in [5.41, 5.74) is 5.36. The first-order valence-electron chi connectivity index (χ1n) is 6.93. The number of rotatable bonds is 5. The van der Waals surface area contributed by atoms with Crippen LogP contribution in [-0.4, -0.2) is 50.2 Å². The number of nitrogens with two attached hydrogens (primary N) is 1. The molecule has 118 valence electrons. The van der Waals surface area contributed by atoms with Crippen LogP contribution in [0.3, 0.4) is 0 Å². The van der Waals surface area contributed by atoms with Crippen molar-refractivity contribution in [1.29, 1.82) is 0 Å². The van der Waals surface area contributed by atoms with Crippen molar-refractivity contribution in [2.75, 3.05) is 26.8 Å².